The summed E-state index contributed by atoms with van der Waals surface area (Å²) in [5.41, 5.74) is 2.19. The third-order valence-corrected chi connectivity index (χ3v) is 3.53. The van der Waals surface area contributed by atoms with E-state index >= 15 is 0 Å². The molecule has 1 aliphatic carbocycles. The number of hydrogen-bond donors (Lipinski definition) is 2. The molecule has 1 aliphatic rings. The Morgan fingerprint density at radius 2 is 2.10 bits per heavy atom. The number of aromatic nitrogens is 2. The molecule has 0 saturated heterocycles. The zero-order chi connectivity index (χ0) is 13.8. The second-order valence-electron chi connectivity index (χ2n) is 5.28. The van der Waals surface area contributed by atoms with Crippen molar-refractivity contribution in [1.82, 2.24) is 15.3 Å². The molecule has 1 saturated carbocycles. The third kappa shape index (κ3) is 3.39. The topological polar surface area (TPSA) is 49.9 Å². The maximum atomic E-state index is 5.45. The summed E-state index contributed by atoms with van der Waals surface area (Å²) in [6.07, 6.45) is 4.65. The predicted octanol–water partition coefficient (Wildman–Crippen LogP) is 2.98. The van der Waals surface area contributed by atoms with Crippen molar-refractivity contribution in [3.8, 4) is 17.0 Å². The molecule has 1 aromatic carbocycles. The molecule has 0 amide bonds. The molecule has 0 radical (unpaired) electrons. The van der Waals surface area contributed by atoms with Crippen molar-refractivity contribution in [3.63, 3.8) is 0 Å². The first-order chi connectivity index (χ1) is 9.85. The van der Waals surface area contributed by atoms with Crippen LogP contribution in [0.3, 0.4) is 0 Å². The van der Waals surface area contributed by atoms with E-state index < -0.39 is 0 Å². The Kier molecular flexibility index (Phi) is 4.02. The maximum absolute atomic E-state index is 5.45. The first kappa shape index (κ1) is 13.2. The lowest BCUT2D eigenvalue weighted by Gasteiger charge is -2.03. The summed E-state index contributed by atoms with van der Waals surface area (Å²) in [6.45, 7) is 4.61. The van der Waals surface area contributed by atoms with Gasteiger partial charge in [-0.3, -0.25) is 0 Å². The van der Waals surface area contributed by atoms with Crippen LogP contribution in [0.25, 0.3) is 11.3 Å². The minimum atomic E-state index is 0.695. The molecule has 4 heteroatoms. The van der Waals surface area contributed by atoms with Crippen molar-refractivity contribution in [2.45, 2.75) is 26.3 Å². The Bertz CT molecular complexity index is 543. The van der Waals surface area contributed by atoms with E-state index in [1.807, 2.05) is 25.3 Å². The van der Waals surface area contributed by atoms with Gasteiger partial charge < -0.3 is 15.0 Å². The Balaban J connectivity index is 1.59. The maximum Gasteiger partial charge on any atom is 0.120 e. The van der Waals surface area contributed by atoms with Crippen LogP contribution in [0, 0.1) is 5.92 Å². The van der Waals surface area contributed by atoms with E-state index in [2.05, 4.69) is 27.4 Å². The van der Waals surface area contributed by atoms with Crippen LogP contribution >= 0.6 is 0 Å². The van der Waals surface area contributed by atoms with Gasteiger partial charge in [0.15, 0.2) is 0 Å². The fraction of sp³-hybridized carbons (Fsp3) is 0.438. The van der Waals surface area contributed by atoms with Gasteiger partial charge in [0, 0.05) is 0 Å². The lowest BCUT2D eigenvalue weighted by atomic mass is 10.2. The summed E-state index contributed by atoms with van der Waals surface area (Å²) in [4.78, 5) is 7.78. The van der Waals surface area contributed by atoms with Crippen molar-refractivity contribution < 1.29 is 4.74 Å². The summed E-state index contributed by atoms with van der Waals surface area (Å²) in [5, 5.41) is 3.44. The summed E-state index contributed by atoms with van der Waals surface area (Å²) in [5.74, 6) is 2.80. The fourth-order valence-electron chi connectivity index (χ4n) is 2.21. The van der Waals surface area contributed by atoms with Gasteiger partial charge in [-0.15, -0.1) is 0 Å². The highest BCUT2D eigenvalue weighted by Gasteiger charge is 2.20. The van der Waals surface area contributed by atoms with Gasteiger partial charge in [0.1, 0.15) is 11.6 Å². The molecular formula is C16H21N3O. The van der Waals surface area contributed by atoms with Gasteiger partial charge in [-0.05, 0) is 62.1 Å². The lowest BCUT2D eigenvalue weighted by molar-refractivity contribution is 0.340. The number of H-pyrrole nitrogens is 1. The molecule has 4 nitrogen and oxygen atoms in total. The molecule has 0 spiro atoms. The van der Waals surface area contributed by atoms with E-state index in [4.69, 9.17) is 4.74 Å². The van der Waals surface area contributed by atoms with Gasteiger partial charge in [-0.2, -0.15) is 0 Å². The molecule has 2 N–H and O–H groups in total. The molecule has 0 aliphatic heterocycles. The van der Waals surface area contributed by atoms with Crippen LogP contribution in [0.1, 0.15) is 25.6 Å². The molecule has 0 bridgehead atoms. The van der Waals surface area contributed by atoms with Crippen molar-refractivity contribution in [2.24, 2.45) is 5.92 Å². The molecule has 20 heavy (non-hydrogen) atoms. The summed E-state index contributed by atoms with van der Waals surface area (Å²) in [6, 6.07) is 8.09. The highest BCUT2D eigenvalue weighted by atomic mass is 16.5. The number of rotatable bonds is 7. The Hall–Kier alpha value is -1.81. The van der Waals surface area contributed by atoms with Gasteiger partial charge in [0.25, 0.3) is 0 Å². The second kappa shape index (κ2) is 6.09. The molecule has 106 valence electrons. The van der Waals surface area contributed by atoms with Gasteiger partial charge in [0.05, 0.1) is 25.0 Å². The average molecular weight is 271 g/mol. The standard InChI is InChI=1S/C16H21N3O/c1-2-20-14-7-5-13(6-8-14)15-10-18-16(19-15)11-17-9-12-3-4-12/h5-8,10,12,17H,2-4,9,11H2,1H3,(H,18,19). The number of hydrogen-bond acceptors (Lipinski definition) is 3. The number of nitrogens with one attached hydrogen (secondary N) is 2. The van der Waals surface area contributed by atoms with Crippen molar-refractivity contribution in [1.29, 1.82) is 0 Å². The number of benzene rings is 1. The lowest BCUT2D eigenvalue weighted by Crippen LogP contribution is -2.16. The molecule has 1 aromatic heterocycles. The first-order valence-corrected chi connectivity index (χ1v) is 7.33. The zero-order valence-electron chi connectivity index (χ0n) is 11.9. The molecule has 3 rings (SSSR count). The van der Waals surface area contributed by atoms with Crippen molar-refractivity contribution >= 4 is 0 Å². The smallest absolute Gasteiger partial charge is 0.120 e. The zero-order valence-corrected chi connectivity index (χ0v) is 11.9. The predicted molar refractivity (Wildman–Crippen MR) is 79.6 cm³/mol. The molecular weight excluding hydrogens is 250 g/mol. The van der Waals surface area contributed by atoms with E-state index in [0.717, 1.165) is 41.8 Å². The molecule has 1 fully saturated rings. The second-order valence-corrected chi connectivity index (χ2v) is 5.28. The van der Waals surface area contributed by atoms with Gasteiger partial charge >= 0.3 is 0 Å². The van der Waals surface area contributed by atoms with Gasteiger partial charge in [-0.1, -0.05) is 0 Å². The number of nitrogens with zero attached hydrogens (tertiary/aromatic N) is 1. The average Bonchev–Trinajstić information content (AvgIpc) is 3.17. The minimum absolute atomic E-state index is 0.695. The molecule has 1 heterocycles. The monoisotopic (exact) mass is 271 g/mol. The Morgan fingerprint density at radius 1 is 1.30 bits per heavy atom. The largest absolute Gasteiger partial charge is 0.494 e. The number of imidazole rings is 1. The SMILES string of the molecule is CCOc1ccc(-c2cnc(CNCC3CC3)[nH]2)cc1. The highest BCUT2D eigenvalue weighted by molar-refractivity contribution is 5.59. The van der Waals surface area contributed by atoms with Crippen molar-refractivity contribution in [3.05, 3.63) is 36.3 Å². The molecule has 2 aromatic rings. The fourth-order valence-corrected chi connectivity index (χ4v) is 2.21. The van der Waals surface area contributed by atoms with Gasteiger partial charge in [-0.25, -0.2) is 4.98 Å². The van der Waals surface area contributed by atoms with E-state index in [1.54, 1.807) is 0 Å². The third-order valence-electron chi connectivity index (χ3n) is 3.53. The van der Waals surface area contributed by atoms with Crippen LogP contribution in [-0.4, -0.2) is 23.1 Å². The summed E-state index contributed by atoms with van der Waals surface area (Å²) in [7, 11) is 0. The first-order valence-electron chi connectivity index (χ1n) is 7.33. The van der Waals surface area contributed by atoms with Crippen molar-refractivity contribution in [2.75, 3.05) is 13.2 Å². The molecule has 0 unspecified atom stereocenters. The normalized spacial score (nSPS) is 14.4. The summed E-state index contributed by atoms with van der Waals surface area (Å²) < 4.78 is 5.45. The Labute approximate surface area is 119 Å². The van der Waals surface area contributed by atoms with E-state index in [1.165, 1.54) is 12.8 Å². The van der Waals surface area contributed by atoms with Crippen LogP contribution < -0.4 is 10.1 Å². The van der Waals surface area contributed by atoms with Gasteiger partial charge in [0.2, 0.25) is 0 Å². The minimum Gasteiger partial charge on any atom is -0.494 e. The van der Waals surface area contributed by atoms with E-state index in [9.17, 15) is 0 Å². The quantitative estimate of drug-likeness (QED) is 0.814. The van der Waals surface area contributed by atoms with Crippen LogP contribution in [-0.2, 0) is 6.54 Å². The number of aromatic amines is 1. The summed E-state index contributed by atoms with van der Waals surface area (Å²) >= 11 is 0. The van der Waals surface area contributed by atoms with Crippen LogP contribution in [0.5, 0.6) is 5.75 Å². The van der Waals surface area contributed by atoms with Crippen LogP contribution in [0.2, 0.25) is 0 Å². The number of ether oxygens (including phenoxy) is 1. The van der Waals surface area contributed by atoms with E-state index in [-0.39, 0.29) is 0 Å². The van der Waals surface area contributed by atoms with Crippen LogP contribution in [0.15, 0.2) is 30.5 Å². The highest BCUT2D eigenvalue weighted by Crippen LogP contribution is 2.27. The van der Waals surface area contributed by atoms with E-state index in [0.29, 0.717) is 6.61 Å². The molecule has 0 atom stereocenters. The Morgan fingerprint density at radius 3 is 2.80 bits per heavy atom. The van der Waals surface area contributed by atoms with Crippen LogP contribution in [0.4, 0.5) is 0 Å².